The summed E-state index contributed by atoms with van der Waals surface area (Å²) in [6.45, 7) is 0.655. The van der Waals surface area contributed by atoms with Crippen molar-refractivity contribution in [2.75, 3.05) is 13.7 Å². The van der Waals surface area contributed by atoms with Crippen molar-refractivity contribution in [1.29, 1.82) is 0 Å². The first-order valence-corrected chi connectivity index (χ1v) is 6.55. The summed E-state index contributed by atoms with van der Waals surface area (Å²) in [6, 6.07) is 1.55. The Labute approximate surface area is 104 Å². The summed E-state index contributed by atoms with van der Waals surface area (Å²) in [4.78, 5) is 25.2. The van der Waals surface area contributed by atoms with Gasteiger partial charge in [-0.25, -0.2) is 4.79 Å². The Bertz CT molecular complexity index is 402. The molecule has 17 heavy (non-hydrogen) atoms. The Morgan fingerprint density at radius 3 is 3.06 bits per heavy atom. The van der Waals surface area contributed by atoms with Crippen LogP contribution in [-0.2, 0) is 20.7 Å². The van der Waals surface area contributed by atoms with Gasteiger partial charge in [-0.1, -0.05) is 0 Å². The number of likely N-dealkylation sites (tertiary alicyclic amines) is 1. The van der Waals surface area contributed by atoms with Gasteiger partial charge in [0, 0.05) is 6.54 Å². The van der Waals surface area contributed by atoms with E-state index in [1.54, 1.807) is 16.2 Å². The Kier molecular flexibility index (Phi) is 3.78. The second kappa shape index (κ2) is 5.31. The van der Waals surface area contributed by atoms with Gasteiger partial charge < -0.3 is 9.64 Å². The van der Waals surface area contributed by atoms with Crippen LogP contribution < -0.4 is 0 Å². The molecular weight excluding hydrogens is 238 g/mol. The van der Waals surface area contributed by atoms with E-state index in [9.17, 15) is 9.59 Å². The summed E-state index contributed by atoms with van der Waals surface area (Å²) in [7, 11) is 1.36. The summed E-state index contributed by atoms with van der Waals surface area (Å²) in [5, 5.41) is 3.91. The highest BCUT2D eigenvalue weighted by Crippen LogP contribution is 2.20. The fourth-order valence-electron chi connectivity index (χ4n) is 2.12. The molecule has 0 N–H and O–H groups in total. The maximum Gasteiger partial charge on any atom is 0.328 e. The van der Waals surface area contributed by atoms with Crippen molar-refractivity contribution in [2.24, 2.45) is 0 Å². The molecule has 0 bridgehead atoms. The Morgan fingerprint density at radius 2 is 2.41 bits per heavy atom. The van der Waals surface area contributed by atoms with Crippen LogP contribution in [0.5, 0.6) is 0 Å². The number of hydrogen-bond donors (Lipinski definition) is 0. The summed E-state index contributed by atoms with van der Waals surface area (Å²) in [5.74, 6) is -0.294. The molecule has 1 aromatic rings. The third-order valence-electron chi connectivity index (χ3n) is 2.98. The SMILES string of the molecule is COC(=O)[C@H]1CCCN1C(=O)Cc1ccsc1. The van der Waals surface area contributed by atoms with Gasteiger partial charge in [-0.2, -0.15) is 11.3 Å². The number of thiophene rings is 1. The van der Waals surface area contributed by atoms with E-state index >= 15 is 0 Å². The van der Waals surface area contributed by atoms with Crippen LogP contribution in [0.2, 0.25) is 0 Å². The summed E-state index contributed by atoms with van der Waals surface area (Å²) in [6.07, 6.45) is 1.95. The lowest BCUT2D eigenvalue weighted by Gasteiger charge is -2.22. The first-order valence-electron chi connectivity index (χ1n) is 5.60. The van der Waals surface area contributed by atoms with Crippen LogP contribution >= 0.6 is 11.3 Å². The number of methoxy groups -OCH3 is 1. The third-order valence-corrected chi connectivity index (χ3v) is 3.71. The van der Waals surface area contributed by atoms with Crippen LogP contribution in [-0.4, -0.2) is 36.5 Å². The van der Waals surface area contributed by atoms with Crippen molar-refractivity contribution in [3.05, 3.63) is 22.4 Å². The molecule has 1 saturated heterocycles. The van der Waals surface area contributed by atoms with Crippen molar-refractivity contribution >= 4 is 23.2 Å². The molecule has 1 aromatic heterocycles. The maximum atomic E-state index is 12.1. The molecule has 1 amide bonds. The first kappa shape index (κ1) is 12.1. The van der Waals surface area contributed by atoms with Gasteiger partial charge in [-0.05, 0) is 35.2 Å². The Hall–Kier alpha value is -1.36. The molecule has 1 fully saturated rings. The minimum absolute atomic E-state index is 0.0105. The summed E-state index contributed by atoms with van der Waals surface area (Å²) < 4.78 is 4.72. The quantitative estimate of drug-likeness (QED) is 0.766. The summed E-state index contributed by atoms with van der Waals surface area (Å²) in [5.41, 5.74) is 1.01. The topological polar surface area (TPSA) is 46.6 Å². The number of esters is 1. The zero-order valence-electron chi connectivity index (χ0n) is 9.72. The Balaban J connectivity index is 2.01. The standard InChI is InChI=1S/C12H15NO3S/c1-16-12(15)10-3-2-5-13(10)11(14)7-9-4-6-17-8-9/h4,6,8,10H,2-3,5,7H2,1H3/t10-/m1/s1. The zero-order chi connectivity index (χ0) is 12.3. The van der Waals surface area contributed by atoms with Gasteiger partial charge in [0.15, 0.2) is 0 Å². The highest BCUT2D eigenvalue weighted by Gasteiger charge is 2.34. The van der Waals surface area contributed by atoms with Crippen LogP contribution in [0.4, 0.5) is 0 Å². The number of nitrogens with zero attached hydrogens (tertiary/aromatic N) is 1. The molecule has 0 spiro atoms. The van der Waals surface area contributed by atoms with E-state index < -0.39 is 0 Å². The van der Waals surface area contributed by atoms with Crippen molar-refractivity contribution in [3.8, 4) is 0 Å². The Morgan fingerprint density at radius 1 is 1.59 bits per heavy atom. The lowest BCUT2D eigenvalue weighted by Crippen LogP contribution is -2.41. The minimum Gasteiger partial charge on any atom is -0.467 e. The molecule has 0 aromatic carbocycles. The lowest BCUT2D eigenvalue weighted by atomic mass is 10.2. The van der Waals surface area contributed by atoms with E-state index in [4.69, 9.17) is 4.74 Å². The largest absolute Gasteiger partial charge is 0.467 e. The van der Waals surface area contributed by atoms with Gasteiger partial charge >= 0.3 is 5.97 Å². The highest BCUT2D eigenvalue weighted by molar-refractivity contribution is 7.07. The fraction of sp³-hybridized carbons (Fsp3) is 0.500. The molecule has 1 aliphatic heterocycles. The second-order valence-electron chi connectivity index (χ2n) is 4.08. The minimum atomic E-state index is -0.383. The number of hydrogen-bond acceptors (Lipinski definition) is 4. The molecule has 2 rings (SSSR count). The number of rotatable bonds is 3. The van der Waals surface area contributed by atoms with Crippen LogP contribution in [0.15, 0.2) is 16.8 Å². The maximum absolute atomic E-state index is 12.1. The van der Waals surface area contributed by atoms with Gasteiger partial charge in [0.05, 0.1) is 13.5 Å². The third kappa shape index (κ3) is 2.66. The molecule has 0 unspecified atom stereocenters. The van der Waals surface area contributed by atoms with Gasteiger partial charge in [0.1, 0.15) is 6.04 Å². The molecule has 5 heteroatoms. The van der Waals surface area contributed by atoms with Gasteiger partial charge in [0.2, 0.25) is 5.91 Å². The number of amides is 1. The van der Waals surface area contributed by atoms with Crippen LogP contribution in [0.1, 0.15) is 18.4 Å². The predicted octanol–water partition coefficient (Wildman–Crippen LogP) is 1.45. The van der Waals surface area contributed by atoms with Crippen molar-refractivity contribution in [1.82, 2.24) is 4.90 Å². The lowest BCUT2D eigenvalue weighted by molar-refractivity contribution is -0.150. The number of carbonyl (C=O) groups excluding carboxylic acids is 2. The van der Waals surface area contributed by atoms with Crippen LogP contribution in [0, 0.1) is 0 Å². The molecule has 4 nitrogen and oxygen atoms in total. The molecule has 1 aliphatic rings. The zero-order valence-corrected chi connectivity index (χ0v) is 10.5. The van der Waals surface area contributed by atoms with Gasteiger partial charge in [0.25, 0.3) is 0 Å². The van der Waals surface area contributed by atoms with E-state index in [-0.39, 0.29) is 17.9 Å². The molecule has 0 radical (unpaired) electrons. The van der Waals surface area contributed by atoms with E-state index in [0.29, 0.717) is 19.4 Å². The molecule has 0 saturated carbocycles. The van der Waals surface area contributed by atoms with Crippen molar-refractivity contribution in [2.45, 2.75) is 25.3 Å². The number of carbonyl (C=O) groups is 2. The average Bonchev–Trinajstić information content (AvgIpc) is 2.97. The smallest absolute Gasteiger partial charge is 0.328 e. The molecule has 1 atom stereocenters. The predicted molar refractivity (Wildman–Crippen MR) is 64.8 cm³/mol. The van der Waals surface area contributed by atoms with E-state index in [0.717, 1.165) is 12.0 Å². The molecule has 92 valence electrons. The normalized spacial score (nSPS) is 19.4. The van der Waals surface area contributed by atoms with Crippen molar-refractivity contribution < 1.29 is 14.3 Å². The number of ether oxygens (including phenoxy) is 1. The van der Waals surface area contributed by atoms with Crippen LogP contribution in [0.25, 0.3) is 0 Å². The summed E-state index contributed by atoms with van der Waals surface area (Å²) >= 11 is 1.57. The second-order valence-corrected chi connectivity index (χ2v) is 4.86. The van der Waals surface area contributed by atoms with E-state index in [1.165, 1.54) is 7.11 Å². The molecule has 2 heterocycles. The monoisotopic (exact) mass is 253 g/mol. The van der Waals surface area contributed by atoms with E-state index in [1.807, 2.05) is 16.8 Å². The van der Waals surface area contributed by atoms with Gasteiger partial charge in [-0.15, -0.1) is 0 Å². The van der Waals surface area contributed by atoms with Crippen LogP contribution in [0.3, 0.4) is 0 Å². The van der Waals surface area contributed by atoms with E-state index in [2.05, 4.69) is 0 Å². The van der Waals surface area contributed by atoms with Gasteiger partial charge in [-0.3, -0.25) is 4.79 Å². The fourth-order valence-corrected chi connectivity index (χ4v) is 2.78. The molecule has 0 aliphatic carbocycles. The highest BCUT2D eigenvalue weighted by atomic mass is 32.1. The molecular formula is C12H15NO3S. The van der Waals surface area contributed by atoms with Crippen molar-refractivity contribution in [3.63, 3.8) is 0 Å². The first-order chi connectivity index (χ1) is 8.22. The average molecular weight is 253 g/mol.